The van der Waals surface area contributed by atoms with Crippen molar-refractivity contribution in [2.45, 2.75) is 32.9 Å². The van der Waals surface area contributed by atoms with Gasteiger partial charge in [-0.3, -0.25) is 0 Å². The van der Waals surface area contributed by atoms with E-state index in [9.17, 15) is 0 Å². The average Bonchev–Trinajstić information content (AvgIpc) is 2.75. The Kier molecular flexibility index (Phi) is 4.75. The molecular weight excluding hydrogens is 240 g/mol. The van der Waals surface area contributed by atoms with Gasteiger partial charge in [-0.1, -0.05) is 31.5 Å². The van der Waals surface area contributed by atoms with Gasteiger partial charge in [-0.25, -0.2) is 0 Å². The van der Waals surface area contributed by atoms with Gasteiger partial charge in [-0.05, 0) is 37.0 Å². The summed E-state index contributed by atoms with van der Waals surface area (Å²) < 4.78 is 1.36. The first kappa shape index (κ1) is 13.5. The summed E-state index contributed by atoms with van der Waals surface area (Å²) in [6.07, 6.45) is 2.51. The minimum Gasteiger partial charge on any atom is -0.326 e. The summed E-state index contributed by atoms with van der Waals surface area (Å²) in [5, 5.41) is 1.38. The standard InChI is InChI=1S/C15H22N2S/c1-3-4-9-17(2)11-13-12-7-5-6-8-14(12)18-15(13)10-16/h5-8H,3-4,9-11,16H2,1-2H3. The molecule has 98 valence electrons. The minimum absolute atomic E-state index is 0.649. The summed E-state index contributed by atoms with van der Waals surface area (Å²) in [5.74, 6) is 0. The van der Waals surface area contributed by atoms with Crippen LogP contribution in [0, 0.1) is 0 Å². The summed E-state index contributed by atoms with van der Waals surface area (Å²) >= 11 is 1.84. The molecule has 0 saturated carbocycles. The molecule has 0 atom stereocenters. The Balaban J connectivity index is 2.25. The fourth-order valence-electron chi connectivity index (χ4n) is 2.26. The normalized spacial score (nSPS) is 11.6. The lowest BCUT2D eigenvalue weighted by Crippen LogP contribution is -2.19. The van der Waals surface area contributed by atoms with Crippen molar-refractivity contribution in [1.29, 1.82) is 0 Å². The maximum atomic E-state index is 5.88. The molecule has 2 rings (SSSR count). The highest BCUT2D eigenvalue weighted by Gasteiger charge is 2.12. The summed E-state index contributed by atoms with van der Waals surface area (Å²) in [6.45, 7) is 5.05. The quantitative estimate of drug-likeness (QED) is 0.862. The molecule has 1 aromatic heterocycles. The van der Waals surface area contributed by atoms with Crippen molar-refractivity contribution in [2.24, 2.45) is 5.73 Å². The Morgan fingerprint density at radius 3 is 2.78 bits per heavy atom. The van der Waals surface area contributed by atoms with Crippen LogP contribution in [-0.4, -0.2) is 18.5 Å². The fourth-order valence-corrected chi connectivity index (χ4v) is 3.36. The van der Waals surface area contributed by atoms with E-state index in [1.54, 1.807) is 0 Å². The van der Waals surface area contributed by atoms with E-state index in [2.05, 4.69) is 43.1 Å². The molecule has 0 fully saturated rings. The predicted octanol–water partition coefficient (Wildman–Crippen LogP) is 3.59. The third-order valence-corrected chi connectivity index (χ3v) is 4.52. The molecule has 0 bridgehead atoms. The van der Waals surface area contributed by atoms with E-state index in [0.29, 0.717) is 6.54 Å². The van der Waals surface area contributed by atoms with Gasteiger partial charge in [0.1, 0.15) is 0 Å². The van der Waals surface area contributed by atoms with Gasteiger partial charge in [0.2, 0.25) is 0 Å². The molecule has 0 spiro atoms. The van der Waals surface area contributed by atoms with Gasteiger partial charge in [0.25, 0.3) is 0 Å². The average molecular weight is 262 g/mol. The molecule has 0 aliphatic rings. The van der Waals surface area contributed by atoms with Crippen LogP contribution >= 0.6 is 11.3 Å². The number of unbranched alkanes of at least 4 members (excludes halogenated alkanes) is 1. The topological polar surface area (TPSA) is 29.3 Å². The molecule has 0 amide bonds. The predicted molar refractivity (Wildman–Crippen MR) is 81.0 cm³/mol. The second kappa shape index (κ2) is 6.32. The Hall–Kier alpha value is -0.900. The molecule has 2 aromatic rings. The van der Waals surface area contributed by atoms with Gasteiger partial charge >= 0.3 is 0 Å². The van der Waals surface area contributed by atoms with Crippen molar-refractivity contribution in [3.63, 3.8) is 0 Å². The third-order valence-electron chi connectivity index (χ3n) is 3.29. The SMILES string of the molecule is CCCCN(C)Cc1c(CN)sc2ccccc12. The van der Waals surface area contributed by atoms with Crippen molar-refractivity contribution in [2.75, 3.05) is 13.6 Å². The Labute approximate surface area is 113 Å². The highest BCUT2D eigenvalue weighted by atomic mass is 32.1. The van der Waals surface area contributed by atoms with Gasteiger partial charge in [0, 0.05) is 22.7 Å². The number of benzene rings is 1. The van der Waals surface area contributed by atoms with Gasteiger partial charge in [-0.15, -0.1) is 11.3 Å². The van der Waals surface area contributed by atoms with Gasteiger partial charge in [0.05, 0.1) is 0 Å². The molecule has 2 N–H and O–H groups in total. The number of nitrogens with two attached hydrogens (primary N) is 1. The lowest BCUT2D eigenvalue weighted by atomic mass is 10.1. The fraction of sp³-hybridized carbons (Fsp3) is 0.467. The van der Waals surface area contributed by atoms with Crippen LogP contribution in [0.3, 0.4) is 0 Å². The summed E-state index contributed by atoms with van der Waals surface area (Å²) in [6, 6.07) is 8.62. The van der Waals surface area contributed by atoms with Crippen LogP contribution < -0.4 is 5.73 Å². The van der Waals surface area contributed by atoms with Gasteiger partial charge in [-0.2, -0.15) is 0 Å². The van der Waals surface area contributed by atoms with E-state index in [0.717, 1.165) is 13.1 Å². The molecule has 18 heavy (non-hydrogen) atoms. The van der Waals surface area contributed by atoms with Crippen LogP contribution in [0.5, 0.6) is 0 Å². The van der Waals surface area contributed by atoms with Crippen molar-refractivity contribution < 1.29 is 0 Å². The van der Waals surface area contributed by atoms with Gasteiger partial charge < -0.3 is 10.6 Å². The van der Waals surface area contributed by atoms with Crippen LogP contribution in [0.2, 0.25) is 0 Å². The highest BCUT2D eigenvalue weighted by molar-refractivity contribution is 7.19. The molecular formula is C15H22N2S. The van der Waals surface area contributed by atoms with Gasteiger partial charge in [0.15, 0.2) is 0 Å². The summed E-state index contributed by atoms with van der Waals surface area (Å²) in [4.78, 5) is 3.73. The number of hydrogen-bond donors (Lipinski definition) is 1. The first-order valence-electron chi connectivity index (χ1n) is 6.64. The van der Waals surface area contributed by atoms with Crippen LogP contribution in [0.1, 0.15) is 30.2 Å². The second-order valence-electron chi connectivity index (χ2n) is 4.80. The van der Waals surface area contributed by atoms with E-state index in [1.807, 2.05) is 11.3 Å². The van der Waals surface area contributed by atoms with E-state index in [1.165, 1.54) is 33.4 Å². The number of rotatable bonds is 6. The van der Waals surface area contributed by atoms with E-state index in [-0.39, 0.29) is 0 Å². The van der Waals surface area contributed by atoms with Crippen LogP contribution in [0.4, 0.5) is 0 Å². The number of fused-ring (bicyclic) bond motifs is 1. The third kappa shape index (κ3) is 2.91. The summed E-state index contributed by atoms with van der Waals surface area (Å²) in [7, 11) is 2.20. The second-order valence-corrected chi connectivity index (χ2v) is 5.93. The monoisotopic (exact) mass is 262 g/mol. The Bertz CT molecular complexity index is 504. The van der Waals surface area contributed by atoms with E-state index < -0.39 is 0 Å². The minimum atomic E-state index is 0.649. The Morgan fingerprint density at radius 1 is 1.28 bits per heavy atom. The van der Waals surface area contributed by atoms with Crippen LogP contribution in [0.15, 0.2) is 24.3 Å². The lowest BCUT2D eigenvalue weighted by molar-refractivity contribution is 0.321. The Morgan fingerprint density at radius 2 is 2.06 bits per heavy atom. The largest absolute Gasteiger partial charge is 0.326 e. The van der Waals surface area contributed by atoms with E-state index in [4.69, 9.17) is 5.73 Å². The molecule has 1 aromatic carbocycles. The van der Waals surface area contributed by atoms with Crippen molar-refractivity contribution in [3.05, 3.63) is 34.7 Å². The van der Waals surface area contributed by atoms with Crippen LogP contribution in [-0.2, 0) is 13.1 Å². The number of thiophene rings is 1. The zero-order chi connectivity index (χ0) is 13.0. The zero-order valence-corrected chi connectivity index (χ0v) is 12.1. The molecule has 2 nitrogen and oxygen atoms in total. The molecule has 0 saturated heterocycles. The molecule has 1 heterocycles. The first-order valence-corrected chi connectivity index (χ1v) is 7.45. The maximum absolute atomic E-state index is 5.88. The lowest BCUT2D eigenvalue weighted by Gasteiger charge is -2.16. The van der Waals surface area contributed by atoms with Crippen LogP contribution in [0.25, 0.3) is 10.1 Å². The molecule has 0 unspecified atom stereocenters. The first-order chi connectivity index (χ1) is 8.76. The number of hydrogen-bond acceptors (Lipinski definition) is 3. The highest BCUT2D eigenvalue weighted by Crippen LogP contribution is 2.31. The molecule has 0 aliphatic heterocycles. The summed E-state index contributed by atoms with van der Waals surface area (Å²) in [5.41, 5.74) is 7.31. The smallest absolute Gasteiger partial charge is 0.0349 e. The zero-order valence-electron chi connectivity index (χ0n) is 11.3. The molecule has 0 radical (unpaired) electrons. The maximum Gasteiger partial charge on any atom is 0.0349 e. The van der Waals surface area contributed by atoms with Crippen molar-refractivity contribution >= 4 is 21.4 Å². The number of nitrogens with zero attached hydrogens (tertiary/aromatic N) is 1. The molecule has 0 aliphatic carbocycles. The van der Waals surface area contributed by atoms with E-state index >= 15 is 0 Å². The van der Waals surface area contributed by atoms with Crippen molar-refractivity contribution in [3.8, 4) is 0 Å². The molecule has 3 heteroatoms. The van der Waals surface area contributed by atoms with Crippen molar-refractivity contribution in [1.82, 2.24) is 4.90 Å².